The molecule has 1 aromatic rings. The van der Waals surface area contributed by atoms with Gasteiger partial charge in [0.1, 0.15) is 5.76 Å². The number of likely N-dealkylation sites (tertiary alicyclic amines) is 1. The highest BCUT2D eigenvalue weighted by Crippen LogP contribution is 2.26. The Balaban J connectivity index is 1.99. The van der Waals surface area contributed by atoms with Gasteiger partial charge in [0.25, 0.3) is 11.7 Å². The third-order valence-electron chi connectivity index (χ3n) is 3.44. The number of amides is 1. The van der Waals surface area contributed by atoms with Crippen molar-refractivity contribution in [1.82, 2.24) is 4.90 Å². The first-order valence-corrected chi connectivity index (χ1v) is 7.44. The van der Waals surface area contributed by atoms with Gasteiger partial charge < -0.3 is 14.4 Å². The summed E-state index contributed by atoms with van der Waals surface area (Å²) in [7, 11) is 0. The number of carbonyl (C=O) groups is 2. The van der Waals surface area contributed by atoms with Crippen molar-refractivity contribution in [1.29, 1.82) is 0 Å². The van der Waals surface area contributed by atoms with Gasteiger partial charge in [-0.05, 0) is 18.1 Å². The molecule has 1 aliphatic rings. The Morgan fingerprint density at radius 3 is 2.76 bits per heavy atom. The maximum absolute atomic E-state index is 12.2. The van der Waals surface area contributed by atoms with Crippen LogP contribution in [0.15, 0.2) is 16.5 Å². The first-order chi connectivity index (χ1) is 9.88. The van der Waals surface area contributed by atoms with Crippen molar-refractivity contribution in [2.45, 2.75) is 18.4 Å². The molecule has 0 aromatic carbocycles. The van der Waals surface area contributed by atoms with E-state index in [4.69, 9.17) is 9.52 Å². The second kappa shape index (κ2) is 6.46. The average Bonchev–Trinajstić information content (AvgIpc) is 3.02. The second-order valence-electron chi connectivity index (χ2n) is 4.97. The molecule has 0 unspecified atom stereocenters. The number of carboxylic acid groups (broad SMARTS) is 1. The lowest BCUT2D eigenvalue weighted by Gasteiger charge is -2.13. The molecule has 1 N–H and O–H groups in total. The van der Waals surface area contributed by atoms with E-state index in [1.54, 1.807) is 6.92 Å². The van der Waals surface area contributed by atoms with Crippen molar-refractivity contribution in [2.75, 3.05) is 13.1 Å². The molecular weight excluding hydrogens is 304 g/mol. The van der Waals surface area contributed by atoms with Gasteiger partial charge in [-0.3, -0.25) is 9.59 Å². The number of rotatable bonds is 5. The number of carboxylic acids is 1. The van der Waals surface area contributed by atoms with E-state index >= 15 is 0 Å². The van der Waals surface area contributed by atoms with Gasteiger partial charge in [0.05, 0.1) is 11.7 Å². The molecule has 116 valence electrons. The van der Waals surface area contributed by atoms with Crippen molar-refractivity contribution < 1.29 is 27.9 Å². The summed E-state index contributed by atoms with van der Waals surface area (Å²) in [6, 6.07) is 2.92. The standard InChI is InChI=1S/C13H15F2NO4S/c1-7-4-16(5-9(7)12(18)19)11(17)10-3-2-8(20-10)6-21-13(14)15/h2-3,7,9,13H,4-6H2,1H3,(H,18,19)/t7-,9-/m1/s1. The Morgan fingerprint density at radius 1 is 1.48 bits per heavy atom. The molecular formula is C13H15F2NO4S. The zero-order chi connectivity index (χ0) is 15.6. The number of alkyl halides is 2. The lowest BCUT2D eigenvalue weighted by molar-refractivity contribution is -0.142. The molecule has 8 heteroatoms. The van der Waals surface area contributed by atoms with Gasteiger partial charge in [-0.25, -0.2) is 0 Å². The van der Waals surface area contributed by atoms with Crippen LogP contribution in [0.1, 0.15) is 23.2 Å². The van der Waals surface area contributed by atoms with Crippen molar-refractivity contribution >= 4 is 23.6 Å². The van der Waals surface area contributed by atoms with E-state index in [0.717, 1.165) is 0 Å². The Bertz CT molecular complexity index is 534. The minimum atomic E-state index is -2.50. The summed E-state index contributed by atoms with van der Waals surface area (Å²) in [5.41, 5.74) is 0. The molecule has 1 aromatic heterocycles. The van der Waals surface area contributed by atoms with Crippen molar-refractivity contribution in [3.8, 4) is 0 Å². The molecule has 2 atom stereocenters. The van der Waals surface area contributed by atoms with Crippen LogP contribution in [0.3, 0.4) is 0 Å². The van der Waals surface area contributed by atoms with E-state index in [1.165, 1.54) is 17.0 Å². The van der Waals surface area contributed by atoms with Gasteiger partial charge in [-0.2, -0.15) is 8.78 Å². The van der Waals surface area contributed by atoms with Gasteiger partial charge in [-0.1, -0.05) is 18.7 Å². The van der Waals surface area contributed by atoms with Gasteiger partial charge in [0, 0.05) is 13.1 Å². The number of carbonyl (C=O) groups excluding carboxylic acids is 1. The molecule has 0 radical (unpaired) electrons. The predicted molar refractivity (Wildman–Crippen MR) is 72.2 cm³/mol. The molecule has 0 saturated carbocycles. The maximum atomic E-state index is 12.2. The molecule has 0 spiro atoms. The fourth-order valence-corrected chi connectivity index (χ4v) is 2.77. The fourth-order valence-electron chi connectivity index (χ4n) is 2.33. The average molecular weight is 319 g/mol. The Kier molecular flexibility index (Phi) is 4.87. The van der Waals surface area contributed by atoms with Crippen LogP contribution in [0.25, 0.3) is 0 Å². The SMILES string of the molecule is C[C@@H]1CN(C(=O)c2ccc(CSC(F)F)o2)C[C@H]1C(=O)O. The summed E-state index contributed by atoms with van der Waals surface area (Å²) in [6.45, 7) is 2.26. The van der Waals surface area contributed by atoms with Crippen LogP contribution in [0, 0.1) is 11.8 Å². The van der Waals surface area contributed by atoms with Crippen molar-refractivity contribution in [3.05, 3.63) is 23.7 Å². The van der Waals surface area contributed by atoms with Crippen LogP contribution in [0.2, 0.25) is 0 Å². The minimum Gasteiger partial charge on any atom is -0.481 e. The van der Waals surface area contributed by atoms with E-state index in [9.17, 15) is 18.4 Å². The molecule has 0 bridgehead atoms. The smallest absolute Gasteiger partial charge is 0.308 e. The Morgan fingerprint density at radius 2 is 2.19 bits per heavy atom. The second-order valence-corrected chi connectivity index (χ2v) is 5.95. The molecule has 2 heterocycles. The van der Waals surface area contributed by atoms with E-state index in [1.807, 2.05) is 0 Å². The van der Waals surface area contributed by atoms with Crippen LogP contribution in [-0.2, 0) is 10.5 Å². The third-order valence-corrected chi connectivity index (χ3v) is 4.14. The normalized spacial score (nSPS) is 22.0. The number of thioether (sulfide) groups is 1. The largest absolute Gasteiger partial charge is 0.481 e. The number of nitrogens with zero attached hydrogens (tertiary/aromatic N) is 1. The molecule has 1 amide bonds. The highest BCUT2D eigenvalue weighted by atomic mass is 32.2. The van der Waals surface area contributed by atoms with Crippen LogP contribution < -0.4 is 0 Å². The summed E-state index contributed by atoms with van der Waals surface area (Å²) < 4.78 is 29.4. The van der Waals surface area contributed by atoms with Gasteiger partial charge in [-0.15, -0.1) is 0 Å². The Labute approximate surface area is 124 Å². The zero-order valence-electron chi connectivity index (χ0n) is 11.3. The number of furan rings is 1. The zero-order valence-corrected chi connectivity index (χ0v) is 12.1. The van der Waals surface area contributed by atoms with Gasteiger partial charge in [0.2, 0.25) is 0 Å². The molecule has 1 fully saturated rings. The highest BCUT2D eigenvalue weighted by molar-refractivity contribution is 7.98. The number of hydrogen-bond acceptors (Lipinski definition) is 4. The van der Waals surface area contributed by atoms with Crippen LogP contribution in [0.5, 0.6) is 0 Å². The fraction of sp³-hybridized carbons (Fsp3) is 0.538. The first-order valence-electron chi connectivity index (χ1n) is 6.39. The summed E-state index contributed by atoms with van der Waals surface area (Å²) in [5.74, 6) is -4.20. The third kappa shape index (κ3) is 3.75. The number of aliphatic carboxylic acids is 1. The monoisotopic (exact) mass is 319 g/mol. The summed E-state index contributed by atoms with van der Waals surface area (Å²) in [5, 5.41) is 9.04. The molecule has 0 aliphatic carbocycles. The minimum absolute atomic E-state index is 0.0148. The highest BCUT2D eigenvalue weighted by Gasteiger charge is 2.37. The molecule has 5 nitrogen and oxygen atoms in total. The lowest BCUT2D eigenvalue weighted by atomic mass is 9.99. The summed E-state index contributed by atoms with van der Waals surface area (Å²) >= 11 is 0.417. The quantitative estimate of drug-likeness (QED) is 0.903. The van der Waals surface area contributed by atoms with Crippen LogP contribution in [0.4, 0.5) is 8.78 Å². The van der Waals surface area contributed by atoms with Gasteiger partial charge >= 0.3 is 5.97 Å². The summed E-state index contributed by atoms with van der Waals surface area (Å²) in [4.78, 5) is 24.7. The molecule has 2 rings (SSSR count). The Hall–Kier alpha value is -1.57. The van der Waals surface area contributed by atoms with Crippen molar-refractivity contribution in [2.24, 2.45) is 11.8 Å². The topological polar surface area (TPSA) is 70.8 Å². The van der Waals surface area contributed by atoms with Crippen LogP contribution in [-0.4, -0.2) is 40.7 Å². The molecule has 21 heavy (non-hydrogen) atoms. The van der Waals surface area contributed by atoms with E-state index < -0.39 is 23.6 Å². The first kappa shape index (κ1) is 15.8. The van der Waals surface area contributed by atoms with E-state index in [2.05, 4.69) is 0 Å². The molecule has 1 saturated heterocycles. The van der Waals surface area contributed by atoms with E-state index in [-0.39, 0.29) is 24.0 Å². The molecule has 1 aliphatic heterocycles. The number of hydrogen-bond donors (Lipinski definition) is 1. The maximum Gasteiger partial charge on any atom is 0.308 e. The van der Waals surface area contributed by atoms with Crippen molar-refractivity contribution in [3.63, 3.8) is 0 Å². The predicted octanol–water partition coefficient (Wildman–Crippen LogP) is 2.53. The summed E-state index contributed by atoms with van der Waals surface area (Å²) in [6.07, 6.45) is 0. The van der Waals surface area contributed by atoms with Crippen LogP contribution >= 0.6 is 11.8 Å². The van der Waals surface area contributed by atoms with Gasteiger partial charge in [0.15, 0.2) is 5.76 Å². The lowest BCUT2D eigenvalue weighted by Crippen LogP contribution is -2.29. The number of halogens is 2. The van der Waals surface area contributed by atoms with E-state index in [0.29, 0.717) is 24.1 Å².